The number of nitrogens with zero attached hydrogens (tertiary/aromatic N) is 1. The average Bonchev–Trinajstić information content (AvgIpc) is 2.96. The molecule has 0 saturated carbocycles. The normalized spacial score (nSPS) is 10.3. The Morgan fingerprint density at radius 2 is 2.10 bits per heavy atom. The summed E-state index contributed by atoms with van der Waals surface area (Å²) in [6.45, 7) is 0.820. The molecule has 1 heterocycles. The molecule has 0 atom stereocenters. The molecule has 6 nitrogen and oxygen atoms in total. The molecule has 0 spiro atoms. The van der Waals surface area contributed by atoms with E-state index in [1.807, 2.05) is 29.7 Å². The third-order valence-corrected chi connectivity index (χ3v) is 3.44. The third-order valence-electron chi connectivity index (χ3n) is 2.55. The van der Waals surface area contributed by atoms with Gasteiger partial charge in [-0.05, 0) is 17.7 Å². The summed E-state index contributed by atoms with van der Waals surface area (Å²) >= 11 is 1.23. The van der Waals surface area contributed by atoms with E-state index in [4.69, 9.17) is 15.3 Å². The van der Waals surface area contributed by atoms with Crippen molar-refractivity contribution < 1.29 is 14.3 Å². The summed E-state index contributed by atoms with van der Waals surface area (Å²) in [7, 11) is 1.63. The SMILES string of the molecule is COc1ccc(COCc2csc(C(=O)NN)n2)cc1. The molecule has 0 bridgehead atoms. The Morgan fingerprint density at radius 3 is 2.75 bits per heavy atom. The molecular weight excluding hydrogens is 278 g/mol. The highest BCUT2D eigenvalue weighted by molar-refractivity contribution is 7.11. The highest BCUT2D eigenvalue weighted by atomic mass is 32.1. The van der Waals surface area contributed by atoms with Crippen LogP contribution >= 0.6 is 11.3 Å². The summed E-state index contributed by atoms with van der Waals surface area (Å²) < 4.78 is 10.6. The molecule has 1 aromatic heterocycles. The molecule has 0 fully saturated rings. The molecule has 0 radical (unpaired) electrons. The van der Waals surface area contributed by atoms with Crippen molar-refractivity contribution in [2.24, 2.45) is 5.84 Å². The zero-order chi connectivity index (χ0) is 14.4. The molecule has 20 heavy (non-hydrogen) atoms. The number of carbonyl (C=O) groups excluding carboxylic acids is 1. The lowest BCUT2D eigenvalue weighted by Crippen LogP contribution is -2.29. The maximum absolute atomic E-state index is 11.2. The number of aromatic nitrogens is 1. The smallest absolute Gasteiger partial charge is 0.294 e. The number of nitrogen functional groups attached to an aromatic ring is 1. The van der Waals surface area contributed by atoms with Crippen molar-refractivity contribution in [2.75, 3.05) is 7.11 Å². The first-order valence-electron chi connectivity index (χ1n) is 5.89. The number of carbonyl (C=O) groups is 1. The minimum Gasteiger partial charge on any atom is -0.497 e. The van der Waals surface area contributed by atoms with Crippen LogP contribution in [0.5, 0.6) is 5.75 Å². The molecular formula is C13H15N3O3S. The van der Waals surface area contributed by atoms with E-state index in [1.54, 1.807) is 12.5 Å². The van der Waals surface area contributed by atoms with Crippen molar-refractivity contribution in [3.63, 3.8) is 0 Å². The van der Waals surface area contributed by atoms with Gasteiger partial charge in [0.2, 0.25) is 0 Å². The molecule has 2 rings (SSSR count). The van der Waals surface area contributed by atoms with Gasteiger partial charge in [0, 0.05) is 5.38 Å². The quantitative estimate of drug-likeness (QED) is 0.478. The van der Waals surface area contributed by atoms with Crippen molar-refractivity contribution >= 4 is 17.2 Å². The predicted octanol–water partition coefficient (Wildman–Crippen LogP) is 1.47. The molecule has 0 saturated heterocycles. The van der Waals surface area contributed by atoms with Gasteiger partial charge in [-0.15, -0.1) is 11.3 Å². The Bertz CT molecular complexity index is 568. The number of methoxy groups -OCH3 is 1. The van der Waals surface area contributed by atoms with Crippen LogP contribution in [0.15, 0.2) is 29.6 Å². The first-order chi connectivity index (χ1) is 9.72. The molecule has 2 aromatic rings. The highest BCUT2D eigenvalue weighted by Crippen LogP contribution is 2.14. The van der Waals surface area contributed by atoms with Crippen molar-refractivity contribution in [3.8, 4) is 5.75 Å². The Kier molecular flexibility index (Phi) is 5.05. The number of hydrazine groups is 1. The second kappa shape index (κ2) is 6.99. The lowest BCUT2D eigenvalue weighted by Gasteiger charge is -2.04. The van der Waals surface area contributed by atoms with Crippen LogP contribution in [0.1, 0.15) is 21.1 Å². The van der Waals surface area contributed by atoms with Crippen molar-refractivity contribution in [2.45, 2.75) is 13.2 Å². The van der Waals surface area contributed by atoms with Crippen LogP contribution in [-0.2, 0) is 18.0 Å². The minimum atomic E-state index is -0.392. The summed E-state index contributed by atoms with van der Waals surface area (Å²) in [5.41, 5.74) is 3.80. The number of thiazole rings is 1. The van der Waals surface area contributed by atoms with Gasteiger partial charge in [0.05, 0.1) is 26.0 Å². The molecule has 0 aliphatic rings. The standard InChI is InChI=1S/C13H15N3O3S/c1-18-11-4-2-9(3-5-11)6-19-7-10-8-20-13(15-10)12(17)16-14/h2-5,8H,6-7,14H2,1H3,(H,16,17). The molecule has 3 N–H and O–H groups in total. The Labute approximate surface area is 120 Å². The van der Waals surface area contributed by atoms with Gasteiger partial charge in [0.15, 0.2) is 5.01 Å². The number of nitrogens with one attached hydrogen (secondary N) is 1. The van der Waals surface area contributed by atoms with E-state index < -0.39 is 5.91 Å². The molecule has 0 aliphatic heterocycles. The zero-order valence-electron chi connectivity index (χ0n) is 11.0. The first-order valence-corrected chi connectivity index (χ1v) is 6.77. The number of nitrogens with two attached hydrogens (primary N) is 1. The molecule has 0 aliphatic carbocycles. The van der Waals surface area contributed by atoms with Gasteiger partial charge in [-0.25, -0.2) is 10.8 Å². The van der Waals surface area contributed by atoms with Gasteiger partial charge in [-0.3, -0.25) is 10.2 Å². The second-order valence-corrected chi connectivity index (χ2v) is 4.82. The van der Waals surface area contributed by atoms with Gasteiger partial charge >= 0.3 is 0 Å². The van der Waals surface area contributed by atoms with E-state index in [0.717, 1.165) is 11.3 Å². The van der Waals surface area contributed by atoms with Crippen LogP contribution in [0.4, 0.5) is 0 Å². The number of rotatable bonds is 6. The third kappa shape index (κ3) is 3.77. The first kappa shape index (κ1) is 14.4. The summed E-state index contributed by atoms with van der Waals surface area (Å²) in [5.74, 6) is 5.46. The Balaban J connectivity index is 1.83. The molecule has 0 unspecified atom stereocenters. The summed E-state index contributed by atoms with van der Waals surface area (Å²) in [6, 6.07) is 7.64. The maximum Gasteiger partial charge on any atom is 0.294 e. The monoisotopic (exact) mass is 293 g/mol. The van der Waals surface area contributed by atoms with E-state index in [2.05, 4.69) is 4.98 Å². The molecule has 106 valence electrons. The summed E-state index contributed by atoms with van der Waals surface area (Å²) in [5, 5.41) is 2.11. The minimum absolute atomic E-state index is 0.329. The summed E-state index contributed by atoms with van der Waals surface area (Å²) in [6.07, 6.45) is 0. The Morgan fingerprint density at radius 1 is 1.35 bits per heavy atom. The van der Waals surface area contributed by atoms with Gasteiger partial charge < -0.3 is 9.47 Å². The van der Waals surface area contributed by atoms with E-state index in [0.29, 0.717) is 23.9 Å². The van der Waals surface area contributed by atoms with Crippen molar-refractivity contribution in [1.82, 2.24) is 10.4 Å². The molecule has 1 amide bonds. The number of benzene rings is 1. The summed E-state index contributed by atoms with van der Waals surface area (Å²) in [4.78, 5) is 15.4. The zero-order valence-corrected chi connectivity index (χ0v) is 11.8. The second-order valence-electron chi connectivity index (χ2n) is 3.96. The highest BCUT2D eigenvalue weighted by Gasteiger charge is 2.09. The Hall–Kier alpha value is -1.96. The number of hydrogen-bond donors (Lipinski definition) is 2. The fraction of sp³-hybridized carbons (Fsp3) is 0.231. The fourth-order valence-corrected chi connectivity index (χ4v) is 2.24. The van der Waals surface area contributed by atoms with Crippen molar-refractivity contribution in [3.05, 3.63) is 45.9 Å². The maximum atomic E-state index is 11.2. The van der Waals surface area contributed by atoms with Crippen LogP contribution in [0, 0.1) is 0 Å². The van der Waals surface area contributed by atoms with Crippen LogP contribution in [0.2, 0.25) is 0 Å². The number of hydrogen-bond acceptors (Lipinski definition) is 6. The number of ether oxygens (including phenoxy) is 2. The van der Waals surface area contributed by atoms with Gasteiger partial charge in [0.1, 0.15) is 5.75 Å². The van der Waals surface area contributed by atoms with Crippen LogP contribution < -0.4 is 16.0 Å². The number of amides is 1. The van der Waals surface area contributed by atoms with E-state index in [1.165, 1.54) is 11.3 Å². The van der Waals surface area contributed by atoms with Crippen molar-refractivity contribution in [1.29, 1.82) is 0 Å². The van der Waals surface area contributed by atoms with Gasteiger partial charge in [0.25, 0.3) is 5.91 Å². The lowest BCUT2D eigenvalue weighted by atomic mass is 10.2. The van der Waals surface area contributed by atoms with Gasteiger partial charge in [-0.1, -0.05) is 12.1 Å². The van der Waals surface area contributed by atoms with Crippen LogP contribution in [0.3, 0.4) is 0 Å². The van der Waals surface area contributed by atoms with Crippen LogP contribution in [0.25, 0.3) is 0 Å². The fourth-order valence-electron chi connectivity index (χ4n) is 1.53. The topological polar surface area (TPSA) is 86.5 Å². The molecule has 7 heteroatoms. The molecule has 1 aromatic carbocycles. The van der Waals surface area contributed by atoms with E-state index in [-0.39, 0.29) is 0 Å². The largest absolute Gasteiger partial charge is 0.497 e. The average molecular weight is 293 g/mol. The lowest BCUT2D eigenvalue weighted by molar-refractivity contribution is 0.0948. The van der Waals surface area contributed by atoms with E-state index >= 15 is 0 Å². The van der Waals surface area contributed by atoms with Crippen LogP contribution in [-0.4, -0.2) is 18.0 Å². The van der Waals surface area contributed by atoms with Gasteiger partial charge in [-0.2, -0.15) is 0 Å². The van der Waals surface area contributed by atoms with E-state index in [9.17, 15) is 4.79 Å². The predicted molar refractivity (Wildman–Crippen MR) is 75.3 cm³/mol.